The molecule has 0 saturated heterocycles. The molecule has 0 saturated carbocycles. The Labute approximate surface area is 82.1 Å². The summed E-state index contributed by atoms with van der Waals surface area (Å²) < 4.78 is 5.43. The zero-order chi connectivity index (χ0) is 9.68. The fraction of sp³-hybridized carbons (Fsp3) is 0.714. The topological polar surface area (TPSA) is 56.9 Å². The minimum absolute atomic E-state index is 0.480. The van der Waals surface area contributed by atoms with Crippen molar-refractivity contribution in [3.05, 3.63) is 4.77 Å². The maximum atomic E-state index is 4.95. The molecule has 6 heteroatoms. The Balaban J connectivity index is 2.39. The van der Waals surface area contributed by atoms with Crippen LogP contribution in [0.4, 0.5) is 5.95 Å². The van der Waals surface area contributed by atoms with Crippen molar-refractivity contribution in [1.29, 1.82) is 0 Å². The SMILES string of the molecule is COCCCN(C)c1nc(=S)[nH][nH]1. The van der Waals surface area contributed by atoms with Crippen LogP contribution in [0.25, 0.3) is 0 Å². The second-order valence-electron chi connectivity index (χ2n) is 2.76. The molecule has 0 bridgehead atoms. The van der Waals surface area contributed by atoms with Crippen LogP contribution in [0.2, 0.25) is 0 Å². The summed E-state index contributed by atoms with van der Waals surface area (Å²) in [5.74, 6) is 0.765. The number of hydrogen-bond acceptors (Lipinski definition) is 4. The highest BCUT2D eigenvalue weighted by atomic mass is 32.1. The summed E-state index contributed by atoms with van der Waals surface area (Å²) in [4.78, 5) is 6.07. The summed E-state index contributed by atoms with van der Waals surface area (Å²) in [7, 11) is 3.65. The molecule has 0 aliphatic carbocycles. The molecule has 0 aliphatic heterocycles. The van der Waals surface area contributed by atoms with Gasteiger partial charge in [-0.25, -0.2) is 0 Å². The number of methoxy groups -OCH3 is 1. The lowest BCUT2D eigenvalue weighted by Crippen LogP contribution is -2.20. The number of anilines is 1. The molecule has 0 fully saturated rings. The minimum atomic E-state index is 0.480. The smallest absolute Gasteiger partial charge is 0.220 e. The Kier molecular flexibility index (Phi) is 3.91. The molecule has 0 aromatic carbocycles. The molecule has 0 aliphatic rings. The zero-order valence-electron chi connectivity index (χ0n) is 7.83. The molecular formula is C7H14N4OS. The predicted octanol–water partition coefficient (Wildman–Crippen LogP) is 0.940. The van der Waals surface area contributed by atoms with Gasteiger partial charge in [-0.1, -0.05) is 0 Å². The molecule has 0 amide bonds. The zero-order valence-corrected chi connectivity index (χ0v) is 8.65. The summed E-state index contributed by atoms with van der Waals surface area (Å²) >= 11 is 4.84. The van der Waals surface area contributed by atoms with Crippen molar-refractivity contribution >= 4 is 18.2 Å². The Morgan fingerprint density at radius 1 is 1.54 bits per heavy atom. The van der Waals surface area contributed by atoms with E-state index in [1.165, 1.54) is 0 Å². The van der Waals surface area contributed by atoms with Crippen LogP contribution in [-0.4, -0.2) is 42.5 Å². The van der Waals surface area contributed by atoms with Crippen LogP contribution < -0.4 is 4.90 Å². The molecule has 74 valence electrons. The average molecular weight is 202 g/mol. The molecule has 1 rings (SSSR count). The third-order valence-corrected chi connectivity index (χ3v) is 1.89. The van der Waals surface area contributed by atoms with Gasteiger partial charge in [0.25, 0.3) is 0 Å². The van der Waals surface area contributed by atoms with Crippen LogP contribution in [0, 0.1) is 4.77 Å². The third kappa shape index (κ3) is 3.16. The first-order chi connectivity index (χ1) is 6.24. The fourth-order valence-electron chi connectivity index (χ4n) is 0.994. The normalized spacial score (nSPS) is 10.3. The number of nitrogens with one attached hydrogen (secondary N) is 2. The van der Waals surface area contributed by atoms with E-state index >= 15 is 0 Å². The van der Waals surface area contributed by atoms with Crippen LogP contribution in [0.15, 0.2) is 0 Å². The molecule has 0 atom stereocenters. The monoisotopic (exact) mass is 202 g/mol. The maximum Gasteiger partial charge on any atom is 0.220 e. The lowest BCUT2D eigenvalue weighted by Gasteiger charge is -2.14. The molecule has 5 nitrogen and oxygen atoms in total. The van der Waals surface area contributed by atoms with E-state index in [4.69, 9.17) is 17.0 Å². The third-order valence-electron chi connectivity index (χ3n) is 1.69. The molecule has 0 spiro atoms. The molecule has 0 unspecified atom stereocenters. The van der Waals surface area contributed by atoms with Crippen molar-refractivity contribution in [2.45, 2.75) is 6.42 Å². The highest BCUT2D eigenvalue weighted by Crippen LogP contribution is 2.02. The van der Waals surface area contributed by atoms with Gasteiger partial charge < -0.3 is 9.64 Å². The molecule has 1 heterocycles. The lowest BCUT2D eigenvalue weighted by atomic mass is 10.4. The van der Waals surface area contributed by atoms with E-state index in [9.17, 15) is 0 Å². The van der Waals surface area contributed by atoms with Gasteiger partial charge >= 0.3 is 0 Å². The lowest BCUT2D eigenvalue weighted by molar-refractivity contribution is 0.196. The molecule has 13 heavy (non-hydrogen) atoms. The first kappa shape index (κ1) is 10.2. The van der Waals surface area contributed by atoms with Crippen molar-refractivity contribution in [1.82, 2.24) is 15.2 Å². The summed E-state index contributed by atoms with van der Waals surface area (Å²) in [5, 5.41) is 5.62. The average Bonchev–Trinajstić information content (AvgIpc) is 2.52. The first-order valence-corrected chi connectivity index (χ1v) is 4.49. The summed E-state index contributed by atoms with van der Waals surface area (Å²) in [6.07, 6.45) is 0.973. The Morgan fingerprint density at radius 3 is 2.85 bits per heavy atom. The number of H-pyrrole nitrogens is 2. The number of hydrogen-bond donors (Lipinski definition) is 2. The van der Waals surface area contributed by atoms with Gasteiger partial charge in [0.2, 0.25) is 10.7 Å². The summed E-state index contributed by atoms with van der Waals surface area (Å²) in [5.41, 5.74) is 0. The quantitative estimate of drug-likeness (QED) is 0.551. The number of aromatic amines is 2. The second kappa shape index (κ2) is 4.98. The van der Waals surface area contributed by atoms with Gasteiger partial charge in [0, 0.05) is 27.3 Å². The van der Waals surface area contributed by atoms with E-state index in [0.29, 0.717) is 4.77 Å². The maximum absolute atomic E-state index is 4.95. The van der Waals surface area contributed by atoms with E-state index in [0.717, 1.165) is 25.5 Å². The van der Waals surface area contributed by atoms with Gasteiger partial charge in [0.1, 0.15) is 0 Å². The number of ether oxygens (including phenoxy) is 1. The van der Waals surface area contributed by atoms with E-state index < -0.39 is 0 Å². The van der Waals surface area contributed by atoms with Gasteiger partial charge in [-0.2, -0.15) is 4.98 Å². The standard InChI is InChI=1S/C7H14N4OS/c1-11(4-3-5-12-2)6-8-7(13)10-9-6/h3-5H2,1-2H3,(H2,8,9,10,13). The molecule has 1 aromatic rings. The van der Waals surface area contributed by atoms with Crippen molar-refractivity contribution in [3.63, 3.8) is 0 Å². The van der Waals surface area contributed by atoms with Crippen molar-refractivity contribution in [2.75, 3.05) is 32.2 Å². The summed E-state index contributed by atoms with van der Waals surface area (Å²) in [6.45, 7) is 1.65. The molecular weight excluding hydrogens is 188 g/mol. The molecule has 0 radical (unpaired) electrons. The first-order valence-electron chi connectivity index (χ1n) is 4.09. The van der Waals surface area contributed by atoms with Crippen LogP contribution in [0.5, 0.6) is 0 Å². The van der Waals surface area contributed by atoms with Gasteiger partial charge in [0.05, 0.1) is 0 Å². The minimum Gasteiger partial charge on any atom is -0.385 e. The van der Waals surface area contributed by atoms with Crippen LogP contribution in [-0.2, 0) is 4.74 Å². The van der Waals surface area contributed by atoms with E-state index in [-0.39, 0.29) is 0 Å². The Bertz CT molecular complexity index is 295. The van der Waals surface area contributed by atoms with E-state index in [1.54, 1.807) is 7.11 Å². The number of rotatable bonds is 5. The van der Waals surface area contributed by atoms with E-state index in [1.807, 2.05) is 11.9 Å². The Hall–Kier alpha value is -0.880. The number of aromatic nitrogens is 3. The van der Waals surface area contributed by atoms with Crippen LogP contribution in [0.1, 0.15) is 6.42 Å². The van der Waals surface area contributed by atoms with Gasteiger partial charge in [-0.05, 0) is 18.6 Å². The van der Waals surface area contributed by atoms with E-state index in [2.05, 4.69) is 15.2 Å². The van der Waals surface area contributed by atoms with Gasteiger partial charge in [-0.15, -0.1) is 0 Å². The van der Waals surface area contributed by atoms with Crippen LogP contribution in [0.3, 0.4) is 0 Å². The predicted molar refractivity (Wildman–Crippen MR) is 53.5 cm³/mol. The second-order valence-corrected chi connectivity index (χ2v) is 3.15. The van der Waals surface area contributed by atoms with Crippen molar-refractivity contribution in [2.24, 2.45) is 0 Å². The molecule has 1 aromatic heterocycles. The number of nitrogens with zero attached hydrogens (tertiary/aromatic N) is 2. The highest BCUT2D eigenvalue weighted by molar-refractivity contribution is 7.71. The largest absolute Gasteiger partial charge is 0.385 e. The summed E-state index contributed by atoms with van der Waals surface area (Å²) in [6, 6.07) is 0. The van der Waals surface area contributed by atoms with Crippen LogP contribution >= 0.6 is 12.2 Å². The molecule has 2 N–H and O–H groups in total. The van der Waals surface area contributed by atoms with Gasteiger partial charge in [0.15, 0.2) is 0 Å². The van der Waals surface area contributed by atoms with Crippen molar-refractivity contribution in [3.8, 4) is 0 Å². The van der Waals surface area contributed by atoms with Gasteiger partial charge in [-0.3, -0.25) is 10.2 Å². The Morgan fingerprint density at radius 2 is 2.31 bits per heavy atom. The van der Waals surface area contributed by atoms with Crippen molar-refractivity contribution < 1.29 is 4.74 Å². The fourth-order valence-corrected chi connectivity index (χ4v) is 1.13. The highest BCUT2D eigenvalue weighted by Gasteiger charge is 2.02.